The number of rotatable bonds is 6. The molecule has 0 aromatic heterocycles. The lowest BCUT2D eigenvalue weighted by molar-refractivity contribution is -0.892. The molecule has 0 aliphatic carbocycles. The molecule has 6 nitrogen and oxygen atoms in total. The first-order valence-corrected chi connectivity index (χ1v) is 9.16. The Balaban J connectivity index is 1.45. The zero-order chi connectivity index (χ0) is 19.1. The highest BCUT2D eigenvalue weighted by molar-refractivity contribution is 5.91. The Morgan fingerprint density at radius 1 is 1.15 bits per heavy atom. The van der Waals surface area contributed by atoms with Gasteiger partial charge in [0.25, 0.3) is 5.91 Å². The molecule has 0 bridgehead atoms. The molecule has 27 heavy (non-hydrogen) atoms. The first-order chi connectivity index (χ1) is 13.2. The van der Waals surface area contributed by atoms with E-state index in [9.17, 15) is 4.79 Å². The van der Waals surface area contributed by atoms with E-state index in [1.165, 1.54) is 10.6 Å². The number of piperazine rings is 1. The van der Waals surface area contributed by atoms with Crippen molar-refractivity contribution in [2.24, 2.45) is 0 Å². The molecule has 2 N–H and O–H groups in total. The SMILES string of the molecule is COc1ccc(N2CC[NH+](CC(=O)Nc3ccc(CC#N)cc3)CC2)cc1. The number of amides is 1. The van der Waals surface area contributed by atoms with E-state index in [1.54, 1.807) is 7.11 Å². The van der Waals surface area contributed by atoms with E-state index in [1.807, 2.05) is 36.4 Å². The fourth-order valence-electron chi connectivity index (χ4n) is 3.28. The molecule has 3 rings (SSSR count). The highest BCUT2D eigenvalue weighted by atomic mass is 16.5. The lowest BCUT2D eigenvalue weighted by atomic mass is 10.1. The fraction of sp³-hybridized carbons (Fsp3) is 0.333. The number of methoxy groups -OCH3 is 1. The van der Waals surface area contributed by atoms with Crippen molar-refractivity contribution in [1.82, 2.24) is 0 Å². The zero-order valence-corrected chi connectivity index (χ0v) is 15.6. The minimum atomic E-state index is 0.0240. The van der Waals surface area contributed by atoms with Crippen molar-refractivity contribution in [1.29, 1.82) is 5.26 Å². The average Bonchev–Trinajstić information content (AvgIpc) is 2.70. The first-order valence-electron chi connectivity index (χ1n) is 9.16. The van der Waals surface area contributed by atoms with Gasteiger partial charge in [0.1, 0.15) is 5.75 Å². The maximum absolute atomic E-state index is 12.3. The van der Waals surface area contributed by atoms with Crippen LogP contribution in [-0.2, 0) is 11.2 Å². The second-order valence-corrected chi connectivity index (χ2v) is 6.69. The van der Waals surface area contributed by atoms with Gasteiger partial charge in [0.2, 0.25) is 0 Å². The van der Waals surface area contributed by atoms with Crippen molar-refractivity contribution in [3.8, 4) is 11.8 Å². The Morgan fingerprint density at radius 3 is 2.41 bits per heavy atom. The van der Waals surface area contributed by atoms with E-state index in [-0.39, 0.29) is 5.91 Å². The van der Waals surface area contributed by atoms with Crippen LogP contribution in [-0.4, -0.2) is 45.7 Å². The summed E-state index contributed by atoms with van der Waals surface area (Å²) in [5, 5.41) is 11.6. The van der Waals surface area contributed by atoms with Gasteiger partial charge in [-0.05, 0) is 42.0 Å². The Labute approximate surface area is 160 Å². The van der Waals surface area contributed by atoms with Crippen molar-refractivity contribution in [3.63, 3.8) is 0 Å². The molecule has 1 saturated heterocycles. The molecular weight excluding hydrogens is 340 g/mol. The molecule has 1 aliphatic rings. The summed E-state index contributed by atoms with van der Waals surface area (Å²) >= 11 is 0. The Morgan fingerprint density at radius 2 is 1.81 bits per heavy atom. The number of carbonyl (C=O) groups is 1. The number of quaternary nitrogens is 1. The van der Waals surface area contributed by atoms with Crippen LogP contribution in [0.15, 0.2) is 48.5 Å². The number of nitrogens with zero attached hydrogens (tertiary/aromatic N) is 2. The second kappa shape index (κ2) is 9.06. The Kier molecular flexibility index (Phi) is 6.29. The number of carbonyl (C=O) groups excluding carboxylic acids is 1. The molecule has 1 aliphatic heterocycles. The number of nitrogens with one attached hydrogen (secondary N) is 2. The molecule has 1 heterocycles. The summed E-state index contributed by atoms with van der Waals surface area (Å²) < 4.78 is 5.20. The van der Waals surface area contributed by atoms with Crippen LogP contribution >= 0.6 is 0 Å². The number of anilines is 2. The van der Waals surface area contributed by atoms with Crippen LogP contribution in [0, 0.1) is 11.3 Å². The number of nitriles is 1. The molecule has 1 amide bonds. The Hall–Kier alpha value is -3.04. The molecule has 0 spiro atoms. The predicted molar refractivity (Wildman–Crippen MR) is 105 cm³/mol. The standard InChI is InChI=1S/C21H24N4O2/c1-27-20-8-6-19(7-9-20)25-14-12-24(13-15-25)16-21(26)23-18-4-2-17(3-5-18)10-11-22/h2-9H,10,12-16H2,1H3,(H,23,26)/p+1. The second-order valence-electron chi connectivity index (χ2n) is 6.69. The van der Waals surface area contributed by atoms with Crippen molar-refractivity contribution in [3.05, 3.63) is 54.1 Å². The maximum atomic E-state index is 12.3. The van der Waals surface area contributed by atoms with Crippen LogP contribution in [0.4, 0.5) is 11.4 Å². The summed E-state index contributed by atoms with van der Waals surface area (Å²) in [6, 6.07) is 17.7. The summed E-state index contributed by atoms with van der Waals surface area (Å²) in [7, 11) is 1.67. The summed E-state index contributed by atoms with van der Waals surface area (Å²) in [6.07, 6.45) is 0.386. The normalized spacial score (nSPS) is 14.4. The molecule has 140 valence electrons. The zero-order valence-electron chi connectivity index (χ0n) is 15.6. The predicted octanol–water partition coefficient (Wildman–Crippen LogP) is 1.10. The molecule has 0 radical (unpaired) electrons. The summed E-state index contributed by atoms with van der Waals surface area (Å²) in [6.45, 7) is 4.19. The van der Waals surface area contributed by atoms with E-state index in [0.717, 1.165) is 43.2 Å². The highest BCUT2D eigenvalue weighted by Gasteiger charge is 2.22. The third-order valence-electron chi connectivity index (χ3n) is 4.84. The van der Waals surface area contributed by atoms with Crippen LogP contribution in [0.3, 0.4) is 0 Å². The molecule has 0 unspecified atom stereocenters. The minimum absolute atomic E-state index is 0.0240. The van der Waals surface area contributed by atoms with Crippen LogP contribution in [0.5, 0.6) is 5.75 Å². The summed E-state index contributed by atoms with van der Waals surface area (Å²) in [4.78, 5) is 15.9. The lowest BCUT2D eigenvalue weighted by Crippen LogP contribution is -3.15. The number of benzene rings is 2. The summed E-state index contributed by atoms with van der Waals surface area (Å²) in [5.74, 6) is 0.885. The molecule has 0 atom stereocenters. The van der Waals surface area contributed by atoms with Gasteiger partial charge in [-0.3, -0.25) is 4.79 Å². The molecule has 2 aromatic rings. The highest BCUT2D eigenvalue weighted by Crippen LogP contribution is 2.19. The van der Waals surface area contributed by atoms with E-state index in [4.69, 9.17) is 10.00 Å². The van der Waals surface area contributed by atoms with Crippen LogP contribution < -0.4 is 19.9 Å². The first kappa shape index (κ1) is 18.7. The quantitative estimate of drug-likeness (QED) is 0.805. The molecule has 6 heteroatoms. The van der Waals surface area contributed by atoms with Crippen LogP contribution in [0.1, 0.15) is 5.56 Å². The van der Waals surface area contributed by atoms with Gasteiger partial charge >= 0.3 is 0 Å². The smallest absolute Gasteiger partial charge is 0.279 e. The average molecular weight is 365 g/mol. The van der Waals surface area contributed by atoms with Crippen molar-refractivity contribution in [2.45, 2.75) is 6.42 Å². The third-order valence-corrected chi connectivity index (χ3v) is 4.84. The molecule has 2 aromatic carbocycles. The van der Waals surface area contributed by atoms with Gasteiger partial charge in [-0.25, -0.2) is 0 Å². The third kappa shape index (κ3) is 5.22. The number of hydrogen-bond acceptors (Lipinski definition) is 4. The monoisotopic (exact) mass is 365 g/mol. The lowest BCUT2D eigenvalue weighted by Gasteiger charge is -2.33. The molecule has 0 saturated carbocycles. The number of hydrogen-bond donors (Lipinski definition) is 2. The fourth-order valence-corrected chi connectivity index (χ4v) is 3.28. The number of ether oxygens (including phenoxy) is 1. The molecular formula is C21H25N4O2+. The summed E-state index contributed by atoms with van der Waals surface area (Å²) in [5.41, 5.74) is 2.92. The van der Waals surface area contributed by atoms with E-state index in [0.29, 0.717) is 13.0 Å². The molecule has 1 fully saturated rings. The van der Waals surface area contributed by atoms with Gasteiger partial charge in [0.15, 0.2) is 6.54 Å². The Bertz CT molecular complexity index is 788. The van der Waals surface area contributed by atoms with Gasteiger partial charge in [0.05, 0.1) is 45.8 Å². The largest absolute Gasteiger partial charge is 0.497 e. The van der Waals surface area contributed by atoms with Gasteiger partial charge in [-0.15, -0.1) is 0 Å². The van der Waals surface area contributed by atoms with Gasteiger partial charge in [0, 0.05) is 11.4 Å². The van der Waals surface area contributed by atoms with Gasteiger partial charge in [-0.1, -0.05) is 12.1 Å². The van der Waals surface area contributed by atoms with E-state index in [2.05, 4.69) is 28.4 Å². The van der Waals surface area contributed by atoms with E-state index >= 15 is 0 Å². The van der Waals surface area contributed by atoms with Crippen molar-refractivity contribution >= 4 is 17.3 Å². The van der Waals surface area contributed by atoms with Crippen LogP contribution in [0.2, 0.25) is 0 Å². The van der Waals surface area contributed by atoms with Crippen molar-refractivity contribution < 1.29 is 14.4 Å². The van der Waals surface area contributed by atoms with Gasteiger partial charge in [-0.2, -0.15) is 5.26 Å². The van der Waals surface area contributed by atoms with Gasteiger partial charge < -0.3 is 19.9 Å². The van der Waals surface area contributed by atoms with E-state index < -0.39 is 0 Å². The van der Waals surface area contributed by atoms with Crippen LogP contribution in [0.25, 0.3) is 0 Å². The topological polar surface area (TPSA) is 69.8 Å². The maximum Gasteiger partial charge on any atom is 0.279 e. The minimum Gasteiger partial charge on any atom is -0.497 e. The van der Waals surface area contributed by atoms with Crippen molar-refractivity contribution in [2.75, 3.05) is 50.1 Å².